The third-order valence-corrected chi connectivity index (χ3v) is 8.99. The van der Waals surface area contributed by atoms with Crippen LogP contribution in [-0.2, 0) is 16.3 Å². The van der Waals surface area contributed by atoms with Crippen molar-refractivity contribution in [2.24, 2.45) is 0 Å². The van der Waals surface area contributed by atoms with Crippen LogP contribution in [0.5, 0.6) is 5.75 Å². The Kier molecular flexibility index (Phi) is 6.02. The Morgan fingerprint density at radius 3 is 2.64 bits per heavy atom. The van der Waals surface area contributed by atoms with Gasteiger partial charge in [-0.3, -0.25) is 4.98 Å². The monoisotopic (exact) mass is 550 g/mol. The zero-order chi connectivity index (χ0) is 27.3. The average molecular weight is 551 g/mol. The smallest absolute Gasteiger partial charge is 0.417 e. The number of hydrogen-bond acceptors (Lipinski definition) is 9. The lowest BCUT2D eigenvalue weighted by Gasteiger charge is -2.38. The zero-order valence-electron chi connectivity index (χ0n) is 21.0. The quantitative estimate of drug-likeness (QED) is 0.256. The number of benzene rings is 2. The average Bonchev–Trinajstić information content (AvgIpc) is 3.23. The number of phenols is 1. The van der Waals surface area contributed by atoms with E-state index in [0.29, 0.717) is 61.5 Å². The molecule has 4 aromatic rings. The number of aromatic nitrogens is 3. The van der Waals surface area contributed by atoms with Gasteiger partial charge in [0.1, 0.15) is 17.9 Å². The van der Waals surface area contributed by atoms with Gasteiger partial charge >= 0.3 is 11.8 Å². The molecule has 39 heavy (non-hydrogen) atoms. The molecular formula is C26H26N6O6S. The van der Waals surface area contributed by atoms with E-state index in [0.717, 1.165) is 5.56 Å². The number of carbonyl (C=O) groups excluding carboxylic acids is 1. The van der Waals surface area contributed by atoms with E-state index in [1.165, 1.54) is 24.5 Å². The van der Waals surface area contributed by atoms with Crippen LogP contribution in [0.4, 0.5) is 16.3 Å². The molecule has 2 aromatic heterocycles. The third-order valence-electron chi connectivity index (χ3n) is 7.36. The van der Waals surface area contributed by atoms with Gasteiger partial charge in [0, 0.05) is 43.5 Å². The fourth-order valence-corrected chi connectivity index (χ4v) is 6.59. The molecule has 13 heteroatoms. The number of H-pyrrole nitrogens is 1. The van der Waals surface area contributed by atoms with Crippen molar-refractivity contribution in [2.75, 3.05) is 29.9 Å². The number of amides is 2. The number of aromatic amines is 1. The number of urea groups is 1. The number of anilines is 2. The van der Waals surface area contributed by atoms with Gasteiger partial charge in [-0.2, -0.15) is 0 Å². The molecule has 2 aromatic carbocycles. The van der Waals surface area contributed by atoms with Gasteiger partial charge in [-0.25, -0.2) is 28.0 Å². The minimum absolute atomic E-state index is 0.0138. The number of phenolic OH excluding ortho intramolecular Hbond substituents is 1. The van der Waals surface area contributed by atoms with E-state index in [4.69, 9.17) is 4.42 Å². The topological polar surface area (TPSA) is 162 Å². The number of nitrogens with one attached hydrogen (secondary N) is 2. The van der Waals surface area contributed by atoms with Crippen molar-refractivity contribution in [3.8, 4) is 5.75 Å². The van der Waals surface area contributed by atoms with Gasteiger partial charge in [0.15, 0.2) is 10.6 Å². The van der Waals surface area contributed by atoms with Crippen LogP contribution in [0.3, 0.4) is 0 Å². The minimum atomic E-state index is -4.01. The predicted molar refractivity (Wildman–Crippen MR) is 142 cm³/mol. The van der Waals surface area contributed by atoms with Crippen molar-refractivity contribution >= 4 is 38.5 Å². The predicted octanol–water partition coefficient (Wildman–Crippen LogP) is 2.82. The number of rotatable bonds is 4. The number of piperidine rings is 1. The van der Waals surface area contributed by atoms with Gasteiger partial charge < -0.3 is 24.6 Å². The van der Waals surface area contributed by atoms with Crippen LogP contribution in [0, 0.1) is 6.92 Å². The van der Waals surface area contributed by atoms with Crippen LogP contribution in [0.2, 0.25) is 0 Å². The molecule has 0 saturated carbocycles. The van der Waals surface area contributed by atoms with Crippen molar-refractivity contribution < 1.29 is 22.7 Å². The summed E-state index contributed by atoms with van der Waals surface area (Å²) < 4.78 is 31.9. The molecule has 0 bridgehead atoms. The van der Waals surface area contributed by atoms with Gasteiger partial charge in [-0.15, -0.1) is 0 Å². The number of hydrogen-bond donors (Lipinski definition) is 3. The largest absolute Gasteiger partial charge is 0.508 e. The molecule has 1 fully saturated rings. The molecule has 6 rings (SSSR count). The van der Waals surface area contributed by atoms with Crippen molar-refractivity contribution in [2.45, 2.75) is 42.1 Å². The molecule has 12 nitrogen and oxygen atoms in total. The second kappa shape index (κ2) is 9.42. The van der Waals surface area contributed by atoms with E-state index in [9.17, 15) is 23.1 Å². The summed E-state index contributed by atoms with van der Waals surface area (Å²) in [5.74, 6) is -0.00388. The summed E-state index contributed by atoms with van der Waals surface area (Å²) >= 11 is 0. The Balaban J connectivity index is 1.18. The molecule has 1 saturated heterocycles. The molecule has 0 atom stereocenters. The molecule has 3 N–H and O–H groups in total. The van der Waals surface area contributed by atoms with Gasteiger partial charge in [-0.1, -0.05) is 0 Å². The first-order valence-corrected chi connectivity index (χ1v) is 14.0. The van der Waals surface area contributed by atoms with E-state index in [2.05, 4.69) is 20.3 Å². The highest BCUT2D eigenvalue weighted by Crippen LogP contribution is 2.30. The molecular weight excluding hydrogens is 524 g/mol. The summed E-state index contributed by atoms with van der Waals surface area (Å²) in [5.41, 5.74) is 2.77. The van der Waals surface area contributed by atoms with Crippen LogP contribution in [0.1, 0.15) is 24.0 Å². The first kappa shape index (κ1) is 24.9. The molecule has 2 aliphatic rings. The highest BCUT2D eigenvalue weighted by Gasteiger charge is 2.31. The van der Waals surface area contributed by atoms with Crippen LogP contribution in [0.15, 0.2) is 61.9 Å². The third kappa shape index (κ3) is 4.58. The molecule has 0 spiro atoms. The standard InChI is InChI=1S/C26H26N6O6S/c1-15-10-19(12-21-24(15)30-26(35)38-21)39(36,37)23-13-22(27-14-28-23)31-7-5-17(6-8-31)32-9-4-16-11-18(33)2-3-20(16)29-25(32)34/h2-3,10-14,17,33H,4-9H2,1H3,(H,29,34)(H,30,35). The Labute approximate surface area is 223 Å². The van der Waals surface area contributed by atoms with Gasteiger partial charge in [0.05, 0.1) is 10.4 Å². The van der Waals surface area contributed by atoms with E-state index < -0.39 is 15.6 Å². The van der Waals surface area contributed by atoms with E-state index >= 15 is 0 Å². The molecule has 0 unspecified atom stereocenters. The van der Waals surface area contributed by atoms with Gasteiger partial charge in [0.2, 0.25) is 9.84 Å². The zero-order valence-corrected chi connectivity index (χ0v) is 21.9. The summed E-state index contributed by atoms with van der Waals surface area (Å²) in [4.78, 5) is 39.2. The van der Waals surface area contributed by atoms with Crippen LogP contribution in [-0.4, -0.2) is 65.1 Å². The Hall–Kier alpha value is -4.39. The van der Waals surface area contributed by atoms with Crippen molar-refractivity contribution in [3.63, 3.8) is 0 Å². The lowest BCUT2D eigenvalue weighted by molar-refractivity contribution is 0.177. The second-order valence-electron chi connectivity index (χ2n) is 9.78. The number of carbonyl (C=O) groups is 1. The first-order chi connectivity index (χ1) is 18.7. The Morgan fingerprint density at radius 2 is 1.85 bits per heavy atom. The summed E-state index contributed by atoms with van der Waals surface area (Å²) in [6, 6.07) is 9.03. The number of aryl methyl sites for hydroxylation is 1. The number of oxazole rings is 1. The highest BCUT2D eigenvalue weighted by molar-refractivity contribution is 7.91. The lowest BCUT2D eigenvalue weighted by Crippen LogP contribution is -2.49. The van der Waals surface area contributed by atoms with Crippen molar-refractivity contribution in [1.29, 1.82) is 0 Å². The summed E-state index contributed by atoms with van der Waals surface area (Å²) in [5, 5.41) is 12.6. The SMILES string of the molecule is Cc1cc(S(=O)(=O)c2cc(N3CCC(N4CCc5cc(O)ccc5NC4=O)CC3)ncn2)cc2oc(=O)[nH]c12. The van der Waals surface area contributed by atoms with Gasteiger partial charge in [0.25, 0.3) is 0 Å². The number of aromatic hydroxyl groups is 1. The molecule has 0 aliphatic carbocycles. The van der Waals surface area contributed by atoms with Crippen molar-refractivity contribution in [3.05, 3.63) is 64.4 Å². The Bertz CT molecular complexity index is 1760. The Morgan fingerprint density at radius 1 is 1.05 bits per heavy atom. The fraction of sp³-hybridized carbons (Fsp3) is 0.308. The molecule has 0 radical (unpaired) electrons. The minimum Gasteiger partial charge on any atom is -0.508 e. The number of nitrogens with zero attached hydrogens (tertiary/aromatic N) is 4. The fourth-order valence-electron chi connectivity index (χ4n) is 5.31. The van der Waals surface area contributed by atoms with E-state index in [-0.39, 0.29) is 33.3 Å². The summed E-state index contributed by atoms with van der Waals surface area (Å²) in [7, 11) is -4.01. The molecule has 4 heterocycles. The summed E-state index contributed by atoms with van der Waals surface area (Å²) in [6.07, 6.45) is 3.23. The first-order valence-electron chi connectivity index (χ1n) is 12.5. The van der Waals surface area contributed by atoms with Crippen LogP contribution in [0.25, 0.3) is 11.1 Å². The second-order valence-corrected chi connectivity index (χ2v) is 11.7. The maximum atomic E-state index is 13.4. The van der Waals surface area contributed by atoms with Crippen LogP contribution >= 0.6 is 0 Å². The summed E-state index contributed by atoms with van der Waals surface area (Å²) in [6.45, 7) is 3.39. The van der Waals surface area contributed by atoms with Crippen molar-refractivity contribution in [1.82, 2.24) is 19.9 Å². The lowest BCUT2D eigenvalue weighted by atomic mass is 10.0. The molecule has 2 amide bonds. The normalized spacial score (nSPS) is 16.7. The highest BCUT2D eigenvalue weighted by atomic mass is 32.2. The maximum absolute atomic E-state index is 13.4. The van der Waals surface area contributed by atoms with E-state index in [1.54, 1.807) is 25.1 Å². The van der Waals surface area contributed by atoms with E-state index in [1.807, 2.05) is 9.80 Å². The molecule has 202 valence electrons. The van der Waals surface area contributed by atoms with Crippen LogP contribution < -0.4 is 16.0 Å². The van der Waals surface area contributed by atoms with Gasteiger partial charge in [-0.05, 0) is 61.6 Å². The molecule has 2 aliphatic heterocycles. The maximum Gasteiger partial charge on any atom is 0.417 e. The number of fused-ring (bicyclic) bond motifs is 2. The number of sulfone groups is 1.